The van der Waals surface area contributed by atoms with Gasteiger partial charge in [-0.3, -0.25) is 9.69 Å². The van der Waals surface area contributed by atoms with Crippen LogP contribution in [0.1, 0.15) is 28.2 Å². The van der Waals surface area contributed by atoms with E-state index in [1.165, 1.54) is 0 Å². The summed E-state index contributed by atoms with van der Waals surface area (Å²) in [5, 5.41) is 8.14. The first-order valence-corrected chi connectivity index (χ1v) is 10.9. The van der Waals surface area contributed by atoms with Crippen LogP contribution in [-0.4, -0.2) is 52.4 Å². The van der Waals surface area contributed by atoms with Gasteiger partial charge in [-0.15, -0.1) is 0 Å². The third-order valence-corrected chi connectivity index (χ3v) is 6.19. The van der Waals surface area contributed by atoms with E-state index in [0.29, 0.717) is 59.5 Å². The molecule has 0 unspecified atom stereocenters. The summed E-state index contributed by atoms with van der Waals surface area (Å²) in [6.45, 7) is 3.06. The monoisotopic (exact) mass is 468 g/mol. The van der Waals surface area contributed by atoms with E-state index in [-0.39, 0.29) is 12.5 Å². The minimum absolute atomic E-state index is 0.136. The Labute approximate surface area is 194 Å². The molecule has 2 saturated heterocycles. The third-order valence-electron chi connectivity index (χ3n) is 5.94. The van der Waals surface area contributed by atoms with Crippen LogP contribution in [0.15, 0.2) is 53.2 Å². The molecule has 0 aliphatic carbocycles. The van der Waals surface area contributed by atoms with Gasteiger partial charge in [0.25, 0.3) is 5.91 Å². The topological polar surface area (TPSA) is 98.0 Å². The molecule has 1 aromatic heterocycles. The number of hydrogen-bond donors (Lipinski definition) is 0. The summed E-state index contributed by atoms with van der Waals surface area (Å²) >= 11 is 5.96. The Kier molecular flexibility index (Phi) is 5.41. The Hall–Kier alpha value is -3.59. The fraction of sp³-hybridized carbons (Fsp3) is 0.304. The maximum Gasteiger partial charge on any atom is 0.415 e. The highest BCUT2D eigenvalue weighted by Gasteiger charge is 2.51. The van der Waals surface area contributed by atoms with Crippen molar-refractivity contribution >= 4 is 29.3 Å². The molecule has 2 aliphatic heterocycles. The number of rotatable bonds is 5. The van der Waals surface area contributed by atoms with Crippen LogP contribution >= 0.6 is 11.6 Å². The van der Waals surface area contributed by atoms with Gasteiger partial charge in [-0.05, 0) is 43.3 Å². The lowest BCUT2D eigenvalue weighted by atomic mass is 10.0. The van der Waals surface area contributed by atoms with E-state index in [1.54, 1.807) is 65.3 Å². The number of hydrogen-bond acceptors (Lipinski definition) is 7. The molecule has 0 radical (unpaired) electrons. The molecule has 5 rings (SSSR count). The molecule has 33 heavy (non-hydrogen) atoms. The van der Waals surface area contributed by atoms with Crippen LogP contribution in [0.5, 0.6) is 5.75 Å². The number of ether oxygens (including phenoxy) is 2. The molecule has 1 spiro atoms. The quantitative estimate of drug-likeness (QED) is 0.560. The lowest BCUT2D eigenvalue weighted by Gasteiger charge is -2.23. The fourth-order valence-corrected chi connectivity index (χ4v) is 4.27. The molecule has 170 valence electrons. The highest BCUT2D eigenvalue weighted by molar-refractivity contribution is 6.30. The van der Waals surface area contributed by atoms with E-state index in [9.17, 15) is 9.59 Å². The zero-order chi connectivity index (χ0) is 23.0. The highest BCUT2D eigenvalue weighted by Crippen LogP contribution is 2.36. The van der Waals surface area contributed by atoms with Crippen LogP contribution in [0.2, 0.25) is 5.02 Å². The number of aryl methyl sites for hydroxylation is 1. The lowest BCUT2D eigenvalue weighted by molar-refractivity contribution is 0.0551. The van der Waals surface area contributed by atoms with E-state index in [4.69, 9.17) is 25.7 Å². The summed E-state index contributed by atoms with van der Waals surface area (Å²) in [5.74, 6) is 0.260. The zero-order valence-corrected chi connectivity index (χ0v) is 18.6. The van der Waals surface area contributed by atoms with Crippen molar-refractivity contribution in [2.45, 2.75) is 25.6 Å². The second-order valence-electron chi connectivity index (χ2n) is 8.17. The van der Waals surface area contributed by atoms with Gasteiger partial charge in [-0.1, -0.05) is 34.0 Å². The Morgan fingerprint density at radius 3 is 2.70 bits per heavy atom. The van der Waals surface area contributed by atoms with Crippen molar-refractivity contribution < 1.29 is 23.7 Å². The summed E-state index contributed by atoms with van der Waals surface area (Å²) in [4.78, 5) is 29.2. The number of likely N-dealkylation sites (tertiary alicyclic amines) is 1. The van der Waals surface area contributed by atoms with Crippen LogP contribution in [0.25, 0.3) is 0 Å². The van der Waals surface area contributed by atoms with Crippen LogP contribution in [0, 0.1) is 6.92 Å². The third kappa shape index (κ3) is 4.11. The summed E-state index contributed by atoms with van der Waals surface area (Å²) in [6, 6.07) is 14.1. The second-order valence-corrected chi connectivity index (χ2v) is 8.61. The zero-order valence-electron chi connectivity index (χ0n) is 17.9. The van der Waals surface area contributed by atoms with Gasteiger partial charge in [-0.25, -0.2) is 9.42 Å². The number of anilines is 1. The lowest BCUT2D eigenvalue weighted by Crippen LogP contribution is -2.39. The van der Waals surface area contributed by atoms with Crippen molar-refractivity contribution in [3.05, 3.63) is 70.5 Å². The molecule has 9 nitrogen and oxygen atoms in total. The minimum atomic E-state index is -0.744. The number of carbonyl (C=O) groups is 2. The molecule has 2 amide bonds. The van der Waals surface area contributed by atoms with Gasteiger partial charge in [0.15, 0.2) is 5.60 Å². The van der Waals surface area contributed by atoms with Gasteiger partial charge in [0.1, 0.15) is 23.7 Å². The normalized spacial score (nSPS) is 19.9. The predicted octanol–water partition coefficient (Wildman–Crippen LogP) is 3.85. The number of amides is 2. The van der Waals surface area contributed by atoms with E-state index in [1.807, 2.05) is 0 Å². The van der Waals surface area contributed by atoms with Gasteiger partial charge in [0.05, 0.1) is 18.7 Å². The first-order chi connectivity index (χ1) is 15.9. The molecule has 2 aliphatic rings. The molecule has 3 aromatic rings. The number of halogens is 1. The molecular formula is C23H21ClN4O5. The van der Waals surface area contributed by atoms with Gasteiger partial charge in [0, 0.05) is 23.7 Å². The standard InChI is InChI=1S/C23H21ClN4O5/c1-15-19(26-33-25-15)12-31-20-5-3-2-4-18(20)21(29)27-11-10-23(13-27)14-28(22(30)32-23)17-8-6-16(24)7-9-17/h2-9H,10-14H2,1H3/t23-/m1/s1. The Balaban J connectivity index is 1.29. The first-order valence-electron chi connectivity index (χ1n) is 10.5. The molecule has 1 atom stereocenters. The molecule has 0 saturated carbocycles. The summed E-state index contributed by atoms with van der Waals surface area (Å²) in [7, 11) is 0. The molecule has 2 aromatic carbocycles. The molecule has 0 bridgehead atoms. The van der Waals surface area contributed by atoms with Gasteiger partial charge in [-0.2, -0.15) is 0 Å². The van der Waals surface area contributed by atoms with E-state index in [0.717, 1.165) is 0 Å². The molecule has 2 fully saturated rings. The van der Waals surface area contributed by atoms with Gasteiger partial charge in [0.2, 0.25) is 0 Å². The summed E-state index contributed by atoms with van der Waals surface area (Å²) in [5.41, 5.74) is 1.60. The Morgan fingerprint density at radius 2 is 1.94 bits per heavy atom. The van der Waals surface area contributed by atoms with Gasteiger partial charge >= 0.3 is 6.09 Å². The summed E-state index contributed by atoms with van der Waals surface area (Å²) < 4.78 is 16.3. The average molecular weight is 469 g/mol. The first kappa shape index (κ1) is 21.3. The minimum Gasteiger partial charge on any atom is -0.486 e. The molecule has 0 N–H and O–H groups in total. The number of nitrogens with zero attached hydrogens (tertiary/aromatic N) is 4. The fourth-order valence-electron chi connectivity index (χ4n) is 4.14. The van der Waals surface area contributed by atoms with E-state index >= 15 is 0 Å². The van der Waals surface area contributed by atoms with Crippen molar-refractivity contribution in [3.8, 4) is 5.75 Å². The largest absolute Gasteiger partial charge is 0.486 e. The van der Waals surface area contributed by atoms with E-state index in [2.05, 4.69) is 10.3 Å². The number of aromatic nitrogens is 2. The van der Waals surface area contributed by atoms with Crippen LogP contribution in [0.4, 0.5) is 10.5 Å². The molecule has 10 heteroatoms. The predicted molar refractivity (Wildman–Crippen MR) is 118 cm³/mol. The maximum absolute atomic E-state index is 13.3. The number of carbonyl (C=O) groups excluding carboxylic acids is 2. The maximum atomic E-state index is 13.3. The highest BCUT2D eigenvalue weighted by atomic mass is 35.5. The van der Waals surface area contributed by atoms with E-state index < -0.39 is 11.7 Å². The van der Waals surface area contributed by atoms with Gasteiger partial charge < -0.3 is 14.4 Å². The smallest absolute Gasteiger partial charge is 0.415 e. The van der Waals surface area contributed by atoms with Crippen LogP contribution < -0.4 is 9.64 Å². The van der Waals surface area contributed by atoms with Crippen molar-refractivity contribution in [1.82, 2.24) is 15.2 Å². The van der Waals surface area contributed by atoms with Crippen LogP contribution in [0.3, 0.4) is 0 Å². The van der Waals surface area contributed by atoms with Crippen molar-refractivity contribution in [2.24, 2.45) is 0 Å². The number of para-hydroxylation sites is 1. The molecule has 3 heterocycles. The van der Waals surface area contributed by atoms with Crippen molar-refractivity contribution in [3.63, 3.8) is 0 Å². The molecular weight excluding hydrogens is 448 g/mol. The summed E-state index contributed by atoms with van der Waals surface area (Å²) in [6.07, 6.45) is 0.133. The van der Waals surface area contributed by atoms with Crippen molar-refractivity contribution in [1.29, 1.82) is 0 Å². The Morgan fingerprint density at radius 1 is 1.15 bits per heavy atom. The second kappa shape index (κ2) is 8.40. The van der Waals surface area contributed by atoms with Crippen molar-refractivity contribution in [2.75, 3.05) is 24.5 Å². The SMILES string of the molecule is Cc1nonc1COc1ccccc1C(=O)N1CC[C@@]2(C1)CN(c1ccc(Cl)cc1)C(=O)O2. The van der Waals surface area contributed by atoms with Crippen LogP contribution in [-0.2, 0) is 11.3 Å². The average Bonchev–Trinajstić information content (AvgIpc) is 3.51. The number of benzene rings is 2. The Bertz CT molecular complexity index is 1200.